The first kappa shape index (κ1) is 22.1. The van der Waals surface area contributed by atoms with Crippen LogP contribution >= 0.6 is 23.2 Å². The Labute approximate surface area is 181 Å². The fourth-order valence-corrected chi connectivity index (χ4v) is 3.67. The summed E-state index contributed by atoms with van der Waals surface area (Å²) in [5, 5.41) is 16.0. The van der Waals surface area contributed by atoms with Crippen molar-refractivity contribution in [1.82, 2.24) is 4.90 Å². The standard InChI is InChI=1S/C22H26Cl2N2O3/c1-2-28-15-20(27)13-26(12-16-4-3-5-19(24)10-16)14-21-11-22(25-29-21)17-6-8-18(23)9-7-17/h3-10,20-21,27H,2,11-15H2,1H3. The summed E-state index contributed by atoms with van der Waals surface area (Å²) in [5.41, 5.74) is 3.00. The number of hydrogen-bond acceptors (Lipinski definition) is 5. The zero-order chi connectivity index (χ0) is 20.6. The van der Waals surface area contributed by atoms with Crippen LogP contribution < -0.4 is 0 Å². The van der Waals surface area contributed by atoms with Crippen LogP contribution in [0.2, 0.25) is 10.0 Å². The third kappa shape index (κ3) is 6.98. The lowest BCUT2D eigenvalue weighted by molar-refractivity contribution is 0.000496. The number of rotatable bonds is 10. The summed E-state index contributed by atoms with van der Waals surface area (Å²) in [6.07, 6.45) is 0.0428. The van der Waals surface area contributed by atoms with Crippen molar-refractivity contribution in [2.24, 2.45) is 5.16 Å². The largest absolute Gasteiger partial charge is 0.390 e. The molecule has 5 nitrogen and oxygen atoms in total. The monoisotopic (exact) mass is 436 g/mol. The normalized spacial score (nSPS) is 17.3. The number of aliphatic hydroxyl groups excluding tert-OH is 1. The van der Waals surface area contributed by atoms with E-state index in [1.807, 2.05) is 55.5 Å². The molecule has 0 aromatic heterocycles. The van der Waals surface area contributed by atoms with E-state index in [4.69, 9.17) is 32.8 Å². The summed E-state index contributed by atoms with van der Waals surface area (Å²) >= 11 is 12.1. The first-order valence-electron chi connectivity index (χ1n) is 9.74. The zero-order valence-electron chi connectivity index (χ0n) is 16.4. The Kier molecular flexibility index (Phi) is 8.33. The van der Waals surface area contributed by atoms with Gasteiger partial charge >= 0.3 is 0 Å². The second kappa shape index (κ2) is 11.0. The third-order valence-electron chi connectivity index (χ3n) is 4.65. The molecule has 0 amide bonds. The predicted molar refractivity (Wildman–Crippen MR) is 117 cm³/mol. The van der Waals surface area contributed by atoms with E-state index in [1.54, 1.807) is 0 Å². The number of benzene rings is 2. The SMILES string of the molecule is CCOCC(O)CN(Cc1cccc(Cl)c1)CC1CC(c2ccc(Cl)cc2)=NO1. The van der Waals surface area contributed by atoms with Gasteiger partial charge in [0.25, 0.3) is 0 Å². The molecule has 0 spiro atoms. The lowest BCUT2D eigenvalue weighted by Crippen LogP contribution is -2.39. The van der Waals surface area contributed by atoms with Crippen molar-refractivity contribution in [2.75, 3.05) is 26.3 Å². The van der Waals surface area contributed by atoms with Crippen LogP contribution in [0.15, 0.2) is 53.7 Å². The molecule has 1 heterocycles. The van der Waals surface area contributed by atoms with E-state index >= 15 is 0 Å². The molecule has 156 valence electrons. The predicted octanol–water partition coefficient (Wildman–Crippen LogP) is 4.39. The van der Waals surface area contributed by atoms with Crippen molar-refractivity contribution in [2.45, 2.75) is 32.1 Å². The fraction of sp³-hybridized carbons (Fsp3) is 0.409. The number of oxime groups is 1. The van der Waals surface area contributed by atoms with Gasteiger partial charge in [0.2, 0.25) is 0 Å². The van der Waals surface area contributed by atoms with Gasteiger partial charge < -0.3 is 14.7 Å². The summed E-state index contributed by atoms with van der Waals surface area (Å²) < 4.78 is 5.36. The molecular formula is C22H26Cl2N2O3. The molecule has 0 saturated carbocycles. The maximum absolute atomic E-state index is 10.3. The summed E-state index contributed by atoms with van der Waals surface area (Å²) in [6, 6.07) is 15.3. The summed E-state index contributed by atoms with van der Waals surface area (Å²) in [7, 11) is 0. The summed E-state index contributed by atoms with van der Waals surface area (Å²) in [6.45, 7) is 4.56. The topological polar surface area (TPSA) is 54.3 Å². The average molecular weight is 437 g/mol. The number of ether oxygens (including phenoxy) is 1. The average Bonchev–Trinajstić information content (AvgIpc) is 3.15. The molecule has 3 rings (SSSR count). The van der Waals surface area contributed by atoms with Crippen LogP contribution in [0.5, 0.6) is 0 Å². The van der Waals surface area contributed by atoms with Gasteiger partial charge in [0, 0.05) is 42.7 Å². The summed E-state index contributed by atoms with van der Waals surface area (Å²) in [5.74, 6) is 0. The Hall–Kier alpha value is -1.63. The maximum Gasteiger partial charge on any atom is 0.145 e. The van der Waals surface area contributed by atoms with Crippen molar-refractivity contribution >= 4 is 28.9 Å². The first-order chi connectivity index (χ1) is 14.0. The number of aliphatic hydroxyl groups is 1. The Balaban J connectivity index is 1.62. The van der Waals surface area contributed by atoms with Crippen molar-refractivity contribution in [1.29, 1.82) is 0 Å². The molecule has 2 atom stereocenters. The maximum atomic E-state index is 10.3. The van der Waals surface area contributed by atoms with Crippen molar-refractivity contribution in [3.05, 3.63) is 69.7 Å². The van der Waals surface area contributed by atoms with Crippen LogP contribution in [0, 0.1) is 0 Å². The van der Waals surface area contributed by atoms with E-state index in [2.05, 4.69) is 10.1 Å². The molecule has 2 aromatic carbocycles. The van der Waals surface area contributed by atoms with Gasteiger partial charge in [-0.3, -0.25) is 4.90 Å². The van der Waals surface area contributed by atoms with Crippen LogP contribution in [0.4, 0.5) is 0 Å². The van der Waals surface area contributed by atoms with E-state index in [9.17, 15) is 5.11 Å². The quantitative estimate of drug-likeness (QED) is 0.599. The van der Waals surface area contributed by atoms with Crippen LogP contribution in [-0.2, 0) is 16.1 Å². The van der Waals surface area contributed by atoms with Gasteiger partial charge in [0.05, 0.1) is 18.4 Å². The molecule has 1 aliphatic rings. The van der Waals surface area contributed by atoms with E-state index in [-0.39, 0.29) is 6.10 Å². The second-order valence-electron chi connectivity index (χ2n) is 7.11. The van der Waals surface area contributed by atoms with Crippen molar-refractivity contribution in [3.63, 3.8) is 0 Å². The first-order valence-corrected chi connectivity index (χ1v) is 10.5. The minimum Gasteiger partial charge on any atom is -0.390 e. The van der Waals surface area contributed by atoms with Gasteiger partial charge in [-0.15, -0.1) is 0 Å². The van der Waals surface area contributed by atoms with E-state index < -0.39 is 6.10 Å². The molecule has 0 saturated heterocycles. The van der Waals surface area contributed by atoms with Gasteiger partial charge in [0.1, 0.15) is 6.10 Å². The highest BCUT2D eigenvalue weighted by molar-refractivity contribution is 6.31. The molecule has 0 fully saturated rings. The highest BCUT2D eigenvalue weighted by Gasteiger charge is 2.25. The molecule has 0 radical (unpaired) electrons. The number of hydrogen-bond donors (Lipinski definition) is 1. The Morgan fingerprint density at radius 1 is 1.21 bits per heavy atom. The lowest BCUT2D eigenvalue weighted by atomic mass is 10.0. The van der Waals surface area contributed by atoms with Crippen LogP contribution in [0.3, 0.4) is 0 Å². The molecule has 0 aliphatic carbocycles. The van der Waals surface area contributed by atoms with Gasteiger partial charge in [-0.25, -0.2) is 0 Å². The lowest BCUT2D eigenvalue weighted by Gasteiger charge is -2.27. The number of halogens is 2. The van der Waals surface area contributed by atoms with Gasteiger partial charge in [-0.2, -0.15) is 0 Å². The molecule has 1 N–H and O–H groups in total. The minimum absolute atomic E-state index is 0.0841. The van der Waals surface area contributed by atoms with Crippen molar-refractivity contribution < 1.29 is 14.7 Å². The van der Waals surface area contributed by atoms with Gasteiger partial charge in [-0.1, -0.05) is 52.6 Å². The zero-order valence-corrected chi connectivity index (χ0v) is 17.9. The smallest absolute Gasteiger partial charge is 0.145 e. The Morgan fingerprint density at radius 3 is 2.72 bits per heavy atom. The van der Waals surface area contributed by atoms with Gasteiger partial charge in [-0.05, 0) is 42.3 Å². The van der Waals surface area contributed by atoms with E-state index in [0.717, 1.165) is 16.8 Å². The molecule has 29 heavy (non-hydrogen) atoms. The number of nitrogens with zero attached hydrogens (tertiary/aromatic N) is 2. The second-order valence-corrected chi connectivity index (χ2v) is 7.99. The molecule has 7 heteroatoms. The van der Waals surface area contributed by atoms with E-state index in [1.165, 1.54) is 0 Å². The van der Waals surface area contributed by atoms with Crippen molar-refractivity contribution in [3.8, 4) is 0 Å². The molecule has 0 bridgehead atoms. The highest BCUT2D eigenvalue weighted by atomic mass is 35.5. The molecule has 1 aliphatic heterocycles. The van der Waals surface area contributed by atoms with Crippen LogP contribution in [0.25, 0.3) is 0 Å². The minimum atomic E-state index is -0.577. The van der Waals surface area contributed by atoms with Crippen LogP contribution in [0.1, 0.15) is 24.5 Å². The Morgan fingerprint density at radius 2 is 2.00 bits per heavy atom. The molecule has 2 unspecified atom stereocenters. The third-order valence-corrected chi connectivity index (χ3v) is 5.14. The van der Waals surface area contributed by atoms with E-state index in [0.29, 0.717) is 49.3 Å². The van der Waals surface area contributed by atoms with Gasteiger partial charge in [0.15, 0.2) is 0 Å². The molecular weight excluding hydrogens is 411 g/mol. The summed E-state index contributed by atoms with van der Waals surface area (Å²) in [4.78, 5) is 7.83. The molecule has 2 aromatic rings. The van der Waals surface area contributed by atoms with Crippen LogP contribution in [-0.4, -0.2) is 54.2 Å². The Bertz CT molecular complexity index is 814. The fourth-order valence-electron chi connectivity index (χ4n) is 3.33. The highest BCUT2D eigenvalue weighted by Crippen LogP contribution is 2.21.